The second kappa shape index (κ2) is 6.19. The summed E-state index contributed by atoms with van der Waals surface area (Å²) < 4.78 is 40.2. The number of aliphatic hydroxyl groups is 1. The van der Waals surface area contributed by atoms with Gasteiger partial charge in [-0.2, -0.15) is 16.1 Å². The molecule has 1 aliphatic heterocycles. The molecular formula is C12H15ClFNO3S2. The van der Waals surface area contributed by atoms with Crippen LogP contribution in [0.3, 0.4) is 0 Å². The number of hydrogen-bond acceptors (Lipinski definition) is 4. The van der Waals surface area contributed by atoms with Crippen molar-refractivity contribution in [1.29, 1.82) is 0 Å². The molecule has 0 aromatic heterocycles. The van der Waals surface area contributed by atoms with Crippen molar-refractivity contribution in [2.75, 3.05) is 18.1 Å². The van der Waals surface area contributed by atoms with Crippen molar-refractivity contribution < 1.29 is 17.9 Å². The number of rotatable bonds is 3. The maximum Gasteiger partial charge on any atom is 0.243 e. The first-order chi connectivity index (χ1) is 9.37. The van der Waals surface area contributed by atoms with E-state index in [2.05, 4.69) is 0 Å². The molecule has 0 amide bonds. The highest BCUT2D eigenvalue weighted by molar-refractivity contribution is 7.99. The number of thioether (sulfide) groups is 1. The van der Waals surface area contributed by atoms with Crippen LogP contribution in [0, 0.1) is 5.82 Å². The molecule has 1 saturated heterocycles. The lowest BCUT2D eigenvalue weighted by Gasteiger charge is -2.32. The van der Waals surface area contributed by atoms with Gasteiger partial charge in [0.05, 0.1) is 16.5 Å². The van der Waals surface area contributed by atoms with Crippen LogP contribution in [0.4, 0.5) is 4.39 Å². The molecule has 1 aromatic carbocycles. The van der Waals surface area contributed by atoms with Crippen molar-refractivity contribution >= 4 is 33.4 Å². The first-order valence-electron chi connectivity index (χ1n) is 6.06. The van der Waals surface area contributed by atoms with Crippen molar-refractivity contribution in [2.24, 2.45) is 0 Å². The van der Waals surface area contributed by atoms with Crippen LogP contribution in [-0.4, -0.2) is 41.9 Å². The molecule has 2 rings (SSSR count). The quantitative estimate of drug-likeness (QED) is 0.916. The summed E-state index contributed by atoms with van der Waals surface area (Å²) in [6, 6.07) is 2.00. The average Bonchev–Trinajstić information content (AvgIpc) is 2.41. The van der Waals surface area contributed by atoms with Gasteiger partial charge in [-0.25, -0.2) is 12.8 Å². The molecule has 0 radical (unpaired) electrons. The topological polar surface area (TPSA) is 57.6 Å². The van der Waals surface area contributed by atoms with Gasteiger partial charge in [-0.15, -0.1) is 0 Å². The van der Waals surface area contributed by atoms with Crippen molar-refractivity contribution in [2.45, 2.75) is 24.5 Å². The van der Waals surface area contributed by atoms with Crippen molar-refractivity contribution in [3.8, 4) is 0 Å². The van der Waals surface area contributed by atoms with Crippen LogP contribution in [0.5, 0.6) is 0 Å². The molecule has 1 atom stereocenters. The monoisotopic (exact) mass is 339 g/mol. The Labute approximate surface area is 127 Å². The summed E-state index contributed by atoms with van der Waals surface area (Å²) in [5, 5.41) is 8.89. The van der Waals surface area contributed by atoms with E-state index >= 15 is 0 Å². The molecule has 0 spiro atoms. The van der Waals surface area contributed by atoms with Gasteiger partial charge in [-0.3, -0.25) is 0 Å². The zero-order valence-corrected chi connectivity index (χ0v) is 13.2. The lowest BCUT2D eigenvalue weighted by molar-refractivity contribution is 0.281. The normalized spacial score (nSPS) is 21.1. The summed E-state index contributed by atoms with van der Waals surface area (Å²) in [7, 11) is -3.77. The highest BCUT2D eigenvalue weighted by atomic mass is 35.5. The van der Waals surface area contributed by atoms with Crippen LogP contribution in [-0.2, 0) is 16.6 Å². The van der Waals surface area contributed by atoms with E-state index in [1.54, 1.807) is 11.8 Å². The summed E-state index contributed by atoms with van der Waals surface area (Å²) in [4.78, 5) is -0.165. The molecule has 1 N–H and O–H groups in total. The molecule has 1 aliphatic rings. The maximum absolute atomic E-state index is 13.7. The third-order valence-electron chi connectivity index (χ3n) is 3.16. The van der Waals surface area contributed by atoms with E-state index in [4.69, 9.17) is 16.7 Å². The predicted octanol–water partition coefficient (Wildman–Crippen LogP) is 2.10. The van der Waals surface area contributed by atoms with Crippen LogP contribution >= 0.6 is 23.4 Å². The highest BCUT2D eigenvalue weighted by Crippen LogP contribution is 2.29. The lowest BCUT2D eigenvalue weighted by Crippen LogP contribution is -2.44. The molecule has 112 valence electrons. The Kier molecular flexibility index (Phi) is 4.96. The number of sulfonamides is 1. The summed E-state index contributed by atoms with van der Waals surface area (Å²) in [5.74, 6) is 0.588. The second-order valence-corrected chi connectivity index (χ2v) is 7.99. The van der Waals surface area contributed by atoms with Gasteiger partial charge >= 0.3 is 0 Å². The fraction of sp³-hybridized carbons (Fsp3) is 0.500. The minimum atomic E-state index is -3.77. The third-order valence-corrected chi connectivity index (χ3v) is 6.76. The fourth-order valence-electron chi connectivity index (χ4n) is 2.09. The number of halogens is 2. The van der Waals surface area contributed by atoms with Crippen molar-refractivity contribution in [3.05, 3.63) is 28.5 Å². The van der Waals surface area contributed by atoms with Gasteiger partial charge in [0.25, 0.3) is 0 Å². The first-order valence-corrected chi connectivity index (χ1v) is 9.03. The Hall–Kier alpha value is -0.340. The number of nitrogens with zero attached hydrogens (tertiary/aromatic N) is 1. The third kappa shape index (κ3) is 2.96. The standard InChI is InChI=1S/C12H15ClFNO3S2/c1-8-7-19-3-2-15(8)20(17,18)10-4-9(6-16)12(13)11(14)5-10/h4-5,8,16H,2-3,6-7H2,1H3. The molecule has 1 heterocycles. The van der Waals surface area contributed by atoms with Crippen LogP contribution in [0.2, 0.25) is 5.02 Å². The molecule has 8 heteroatoms. The largest absolute Gasteiger partial charge is 0.392 e. The van der Waals surface area contributed by atoms with E-state index in [0.717, 1.165) is 6.07 Å². The van der Waals surface area contributed by atoms with Crippen molar-refractivity contribution in [1.82, 2.24) is 4.31 Å². The minimum Gasteiger partial charge on any atom is -0.392 e. The zero-order chi connectivity index (χ0) is 14.9. The lowest BCUT2D eigenvalue weighted by atomic mass is 10.2. The highest BCUT2D eigenvalue weighted by Gasteiger charge is 2.32. The van der Waals surface area contributed by atoms with Crippen molar-refractivity contribution in [3.63, 3.8) is 0 Å². The Bertz CT molecular complexity index is 609. The first kappa shape index (κ1) is 16.0. The summed E-state index contributed by atoms with van der Waals surface area (Å²) >= 11 is 7.37. The fourth-order valence-corrected chi connectivity index (χ4v) is 5.17. The molecular weight excluding hydrogens is 325 g/mol. The zero-order valence-electron chi connectivity index (χ0n) is 10.8. The van der Waals surface area contributed by atoms with Gasteiger partial charge < -0.3 is 5.11 Å². The Morgan fingerprint density at radius 1 is 1.55 bits per heavy atom. The molecule has 1 unspecified atom stereocenters. The number of benzene rings is 1. The summed E-state index contributed by atoms with van der Waals surface area (Å²) in [6.45, 7) is 1.71. The van der Waals surface area contributed by atoms with Gasteiger partial charge in [0.2, 0.25) is 10.0 Å². The molecule has 1 fully saturated rings. The van der Waals surface area contributed by atoms with Crippen LogP contribution in [0.15, 0.2) is 17.0 Å². The molecule has 0 bridgehead atoms. The average molecular weight is 340 g/mol. The van der Waals surface area contributed by atoms with Crippen LogP contribution < -0.4 is 0 Å². The van der Waals surface area contributed by atoms with Gasteiger partial charge in [-0.1, -0.05) is 11.6 Å². The Balaban J connectivity index is 2.46. The Morgan fingerprint density at radius 3 is 2.85 bits per heavy atom. The number of hydrogen-bond donors (Lipinski definition) is 1. The van der Waals surface area contributed by atoms with E-state index < -0.39 is 22.4 Å². The van der Waals surface area contributed by atoms with E-state index in [1.165, 1.54) is 10.4 Å². The number of aliphatic hydroxyl groups excluding tert-OH is 1. The van der Waals surface area contributed by atoms with E-state index in [1.807, 2.05) is 6.92 Å². The summed E-state index contributed by atoms with van der Waals surface area (Å²) in [5.41, 5.74) is 0.0734. The maximum atomic E-state index is 13.7. The molecule has 1 aromatic rings. The predicted molar refractivity (Wildman–Crippen MR) is 78.0 cm³/mol. The molecule has 0 aliphatic carbocycles. The minimum absolute atomic E-state index is 0.0734. The van der Waals surface area contributed by atoms with E-state index in [9.17, 15) is 12.8 Å². The van der Waals surface area contributed by atoms with Gasteiger partial charge in [-0.05, 0) is 19.1 Å². The van der Waals surface area contributed by atoms with Gasteiger partial charge in [0.1, 0.15) is 5.82 Å². The van der Waals surface area contributed by atoms with Crippen LogP contribution in [0.1, 0.15) is 12.5 Å². The SMILES string of the molecule is CC1CSCCN1S(=O)(=O)c1cc(F)c(Cl)c(CO)c1. The van der Waals surface area contributed by atoms with Crippen LogP contribution in [0.25, 0.3) is 0 Å². The van der Waals surface area contributed by atoms with Gasteiger partial charge in [0.15, 0.2) is 0 Å². The second-order valence-electron chi connectivity index (χ2n) is 4.58. The van der Waals surface area contributed by atoms with Gasteiger partial charge in [0, 0.05) is 29.7 Å². The Morgan fingerprint density at radius 2 is 2.25 bits per heavy atom. The molecule has 20 heavy (non-hydrogen) atoms. The molecule has 4 nitrogen and oxygen atoms in total. The van der Waals surface area contributed by atoms with E-state index in [-0.39, 0.29) is 21.5 Å². The summed E-state index contributed by atoms with van der Waals surface area (Å²) in [6.07, 6.45) is 0. The smallest absolute Gasteiger partial charge is 0.243 e. The van der Waals surface area contributed by atoms with E-state index in [0.29, 0.717) is 18.1 Å². The molecule has 0 saturated carbocycles.